The SMILES string of the molecule is Cc1cc(C)[n+]2n1[BH2-][n+]1c(C)cc(C)n1[BH2-]2. The highest BCUT2D eigenvalue weighted by molar-refractivity contribution is 6.28. The van der Waals surface area contributed by atoms with E-state index >= 15 is 0 Å². The van der Waals surface area contributed by atoms with E-state index in [9.17, 15) is 0 Å². The summed E-state index contributed by atoms with van der Waals surface area (Å²) in [5.74, 6) is 0. The Morgan fingerprint density at radius 1 is 0.812 bits per heavy atom. The first-order valence-corrected chi connectivity index (χ1v) is 6.24. The van der Waals surface area contributed by atoms with Crippen LogP contribution < -0.4 is 9.19 Å². The molecule has 0 amide bonds. The number of nitrogens with zero attached hydrogens (tertiary/aromatic N) is 4. The number of hydrogen-bond donors (Lipinski definition) is 0. The van der Waals surface area contributed by atoms with Gasteiger partial charge in [0.1, 0.15) is 11.4 Å². The minimum absolute atomic E-state index is 0.284. The molecule has 3 rings (SSSR count). The molecule has 84 valence electrons. The van der Waals surface area contributed by atoms with Crippen molar-refractivity contribution < 1.29 is 9.19 Å². The molecule has 0 fully saturated rings. The van der Waals surface area contributed by atoms with Crippen molar-refractivity contribution in [2.24, 2.45) is 0 Å². The topological polar surface area (TPSA) is 17.6 Å². The molecule has 0 aliphatic carbocycles. The maximum Gasteiger partial charge on any atom is 0.416 e. The van der Waals surface area contributed by atoms with Crippen LogP contribution in [0.3, 0.4) is 0 Å². The number of rotatable bonds is 0. The lowest BCUT2D eigenvalue weighted by Gasteiger charge is -2.25. The third-order valence-electron chi connectivity index (χ3n) is 4.54. The Labute approximate surface area is 96.6 Å². The fraction of sp³-hybridized carbons (Fsp3) is 0.400. The van der Waals surface area contributed by atoms with Gasteiger partial charge in [-0.25, -0.2) is 0 Å². The summed E-state index contributed by atoms with van der Waals surface area (Å²) in [6.07, 6.45) is 0. The van der Waals surface area contributed by atoms with Crippen LogP contribution in [0.1, 0.15) is 22.8 Å². The Morgan fingerprint density at radius 2 is 1.19 bits per heavy atom. The smallest absolute Gasteiger partial charge is 0.346 e. The normalized spacial score (nSPS) is 13.8. The van der Waals surface area contributed by atoms with Crippen LogP contribution in [0.5, 0.6) is 0 Å². The van der Waals surface area contributed by atoms with Gasteiger partial charge in [0.25, 0.3) is 0 Å². The standard InChI is InChI=1S/C10H18B2N4/c1-7-5-8(2)14-12-16-10(4)6-9(3)15(16)11-13(7)14/h5-6H,11-12H2,1-4H3. The average molecular weight is 216 g/mol. The molecule has 1 aliphatic heterocycles. The zero-order valence-electron chi connectivity index (χ0n) is 10.9. The Morgan fingerprint density at radius 3 is 1.56 bits per heavy atom. The van der Waals surface area contributed by atoms with E-state index in [1.807, 2.05) is 0 Å². The van der Waals surface area contributed by atoms with Gasteiger partial charge < -0.3 is 18.4 Å². The van der Waals surface area contributed by atoms with Gasteiger partial charge in [-0.1, -0.05) is 0 Å². The second-order valence-electron chi connectivity index (χ2n) is 5.35. The quantitative estimate of drug-likeness (QED) is 0.394. The predicted octanol–water partition coefficient (Wildman–Crippen LogP) is -1.80. The first-order chi connectivity index (χ1) is 7.58. The average Bonchev–Trinajstić information content (AvgIpc) is 2.67. The van der Waals surface area contributed by atoms with Crippen molar-refractivity contribution in [3.63, 3.8) is 0 Å². The monoisotopic (exact) mass is 216 g/mol. The summed E-state index contributed by atoms with van der Waals surface area (Å²) in [6, 6.07) is 4.62. The molecule has 0 bridgehead atoms. The third-order valence-corrected chi connectivity index (χ3v) is 4.54. The lowest BCUT2D eigenvalue weighted by molar-refractivity contribution is -0.696. The third kappa shape index (κ3) is 1.13. The van der Waals surface area contributed by atoms with Crippen molar-refractivity contribution in [1.29, 1.82) is 0 Å². The highest BCUT2D eigenvalue weighted by Crippen LogP contribution is 2.03. The molecular formula is C10H18B2N4. The molecule has 16 heavy (non-hydrogen) atoms. The molecular weight excluding hydrogens is 198 g/mol. The van der Waals surface area contributed by atoms with Crippen molar-refractivity contribution in [2.45, 2.75) is 27.7 Å². The van der Waals surface area contributed by atoms with Crippen molar-refractivity contribution in [2.75, 3.05) is 0 Å². The molecule has 0 N–H and O–H groups in total. The molecule has 2 aromatic heterocycles. The van der Waals surface area contributed by atoms with Crippen LogP contribution in [0.25, 0.3) is 0 Å². The molecule has 0 radical (unpaired) electrons. The summed E-state index contributed by atoms with van der Waals surface area (Å²) in [5, 5.41) is 0. The van der Waals surface area contributed by atoms with Crippen LogP contribution in [-0.2, 0) is 0 Å². The maximum atomic E-state index is 2.52. The van der Waals surface area contributed by atoms with Crippen LogP contribution in [0.15, 0.2) is 12.1 Å². The summed E-state index contributed by atoms with van der Waals surface area (Å²) < 4.78 is 10.1. The van der Waals surface area contributed by atoms with E-state index in [0.29, 0.717) is 0 Å². The van der Waals surface area contributed by atoms with E-state index in [2.05, 4.69) is 58.2 Å². The fourth-order valence-corrected chi connectivity index (χ4v) is 3.45. The Kier molecular flexibility index (Phi) is 1.85. The van der Waals surface area contributed by atoms with Crippen molar-refractivity contribution in [3.05, 3.63) is 34.9 Å². The van der Waals surface area contributed by atoms with Gasteiger partial charge in [0.15, 0.2) is 0 Å². The number of hydrogen-bond acceptors (Lipinski definition) is 0. The van der Waals surface area contributed by atoms with E-state index in [0.717, 1.165) is 0 Å². The van der Waals surface area contributed by atoms with Gasteiger partial charge in [0.2, 0.25) is 0 Å². The summed E-state index contributed by atoms with van der Waals surface area (Å²) in [7, 11) is -0.567. The minimum atomic E-state index is -0.284. The molecule has 0 saturated carbocycles. The van der Waals surface area contributed by atoms with Crippen LogP contribution in [-0.4, -0.2) is 24.3 Å². The van der Waals surface area contributed by atoms with Crippen LogP contribution in [0.2, 0.25) is 0 Å². The van der Waals surface area contributed by atoms with Gasteiger partial charge >= 0.3 is 15.1 Å². The van der Waals surface area contributed by atoms with E-state index in [4.69, 9.17) is 0 Å². The molecule has 0 spiro atoms. The van der Waals surface area contributed by atoms with E-state index in [1.54, 1.807) is 0 Å². The number of aryl methyl sites for hydroxylation is 4. The summed E-state index contributed by atoms with van der Waals surface area (Å²) in [6.45, 7) is 8.89. The van der Waals surface area contributed by atoms with Gasteiger partial charge in [0, 0.05) is 37.4 Å². The van der Waals surface area contributed by atoms with Gasteiger partial charge in [-0.2, -0.15) is 0 Å². The highest BCUT2D eigenvalue weighted by Gasteiger charge is 2.23. The van der Waals surface area contributed by atoms with Gasteiger partial charge in [-0.05, 0) is 13.8 Å². The first kappa shape index (κ1) is 9.75. The second-order valence-corrected chi connectivity index (χ2v) is 5.35. The van der Waals surface area contributed by atoms with Crippen LogP contribution in [0, 0.1) is 27.7 Å². The fourth-order valence-electron chi connectivity index (χ4n) is 3.45. The second kappa shape index (κ2) is 3.03. The molecule has 0 aromatic carbocycles. The first-order valence-electron chi connectivity index (χ1n) is 6.24. The molecule has 4 nitrogen and oxygen atoms in total. The largest absolute Gasteiger partial charge is 0.416 e. The highest BCUT2D eigenvalue weighted by atomic mass is 15.5. The Balaban J connectivity index is 2.20. The van der Waals surface area contributed by atoms with Crippen LogP contribution in [0.4, 0.5) is 0 Å². The maximum absolute atomic E-state index is 2.52. The van der Waals surface area contributed by atoms with Crippen molar-refractivity contribution in [1.82, 2.24) is 9.19 Å². The van der Waals surface area contributed by atoms with Gasteiger partial charge in [-0.3, -0.25) is 0 Å². The van der Waals surface area contributed by atoms with Crippen molar-refractivity contribution in [3.8, 4) is 0 Å². The molecule has 1 aliphatic rings. The zero-order valence-corrected chi connectivity index (χ0v) is 10.9. The van der Waals surface area contributed by atoms with Gasteiger partial charge in [-0.15, -0.1) is 0 Å². The molecule has 0 unspecified atom stereocenters. The molecule has 2 aromatic rings. The number of fused-ring (bicyclic) bond motifs is 2. The molecule has 6 heteroatoms. The van der Waals surface area contributed by atoms with E-state index in [1.165, 1.54) is 22.8 Å². The summed E-state index contributed by atoms with van der Waals surface area (Å²) in [4.78, 5) is 0. The van der Waals surface area contributed by atoms with Crippen LogP contribution >= 0.6 is 0 Å². The lowest BCUT2D eigenvalue weighted by Crippen LogP contribution is -2.72. The lowest BCUT2D eigenvalue weighted by atomic mass is 10.1. The van der Waals surface area contributed by atoms with Gasteiger partial charge in [0.05, 0.1) is 0 Å². The Hall–Kier alpha value is -1.45. The predicted molar refractivity (Wildman–Crippen MR) is 66.9 cm³/mol. The Bertz CT molecular complexity index is 485. The number of aromatic nitrogens is 4. The minimum Gasteiger partial charge on any atom is -0.346 e. The summed E-state index contributed by atoms with van der Waals surface area (Å²) in [5.41, 5.74) is 5.66. The van der Waals surface area contributed by atoms with E-state index in [-0.39, 0.29) is 15.1 Å². The summed E-state index contributed by atoms with van der Waals surface area (Å²) >= 11 is 0. The van der Waals surface area contributed by atoms with E-state index < -0.39 is 0 Å². The molecule has 0 saturated heterocycles. The zero-order chi connectivity index (χ0) is 11.4. The van der Waals surface area contributed by atoms with Crippen molar-refractivity contribution >= 4 is 15.1 Å². The molecule has 0 atom stereocenters. The molecule has 3 heterocycles.